The van der Waals surface area contributed by atoms with Crippen LogP contribution in [0.4, 0.5) is 5.82 Å². The zero-order chi connectivity index (χ0) is 12.4. The molecule has 4 heteroatoms. The molecule has 92 valence electrons. The van der Waals surface area contributed by atoms with Crippen molar-refractivity contribution in [3.05, 3.63) is 35.8 Å². The fraction of sp³-hybridized carbons (Fsp3) is 0.357. The van der Waals surface area contributed by atoms with Crippen LogP contribution in [0.25, 0.3) is 11.4 Å². The van der Waals surface area contributed by atoms with Gasteiger partial charge in [-0.1, -0.05) is 0 Å². The van der Waals surface area contributed by atoms with Gasteiger partial charge in [-0.3, -0.25) is 4.98 Å². The first-order chi connectivity index (χ1) is 8.88. The number of hydrogen-bond acceptors (Lipinski definition) is 4. The molecule has 0 radical (unpaired) electrons. The van der Waals surface area contributed by atoms with Crippen LogP contribution in [0.3, 0.4) is 0 Å². The molecule has 4 nitrogen and oxygen atoms in total. The molecule has 0 atom stereocenters. The Morgan fingerprint density at radius 1 is 1.17 bits per heavy atom. The number of nitrogens with zero attached hydrogens (tertiary/aromatic N) is 3. The van der Waals surface area contributed by atoms with Crippen molar-refractivity contribution in [2.75, 3.05) is 12.4 Å². The first kappa shape index (κ1) is 11.1. The Labute approximate surface area is 107 Å². The molecule has 18 heavy (non-hydrogen) atoms. The van der Waals surface area contributed by atoms with Gasteiger partial charge in [0.25, 0.3) is 0 Å². The number of hydrogen-bond donors (Lipinski definition) is 1. The molecule has 0 amide bonds. The van der Waals surface area contributed by atoms with Crippen LogP contribution in [0.5, 0.6) is 0 Å². The van der Waals surface area contributed by atoms with Crippen molar-refractivity contribution in [2.45, 2.75) is 25.7 Å². The second-order valence-corrected chi connectivity index (χ2v) is 4.52. The van der Waals surface area contributed by atoms with E-state index >= 15 is 0 Å². The lowest BCUT2D eigenvalue weighted by Gasteiger charge is -2.18. The Morgan fingerprint density at radius 2 is 2.06 bits per heavy atom. The second-order valence-electron chi connectivity index (χ2n) is 4.52. The van der Waals surface area contributed by atoms with Crippen molar-refractivity contribution in [1.82, 2.24) is 15.0 Å². The Balaban J connectivity index is 2.12. The maximum atomic E-state index is 4.70. The summed E-state index contributed by atoms with van der Waals surface area (Å²) in [5, 5.41) is 3.19. The van der Waals surface area contributed by atoms with Crippen LogP contribution in [0, 0.1) is 0 Å². The highest BCUT2D eigenvalue weighted by Crippen LogP contribution is 2.27. The van der Waals surface area contributed by atoms with Gasteiger partial charge in [-0.25, -0.2) is 9.97 Å². The lowest BCUT2D eigenvalue weighted by atomic mass is 9.96. The summed E-state index contributed by atoms with van der Waals surface area (Å²) in [6, 6.07) is 3.91. The standard InChI is InChI=1S/C14H16N4/c1-15-14-11-6-2-3-7-12(11)17-13(18-14)10-5-4-8-16-9-10/h4-5,8-9H,2-3,6-7H2,1H3,(H,15,17,18). The molecule has 0 unspecified atom stereocenters. The molecule has 1 N–H and O–H groups in total. The number of rotatable bonds is 2. The first-order valence-electron chi connectivity index (χ1n) is 6.36. The van der Waals surface area contributed by atoms with E-state index in [4.69, 9.17) is 4.98 Å². The van der Waals surface area contributed by atoms with Crippen LogP contribution in [-0.2, 0) is 12.8 Å². The molecule has 2 heterocycles. The fourth-order valence-electron chi connectivity index (χ4n) is 2.42. The lowest BCUT2D eigenvalue weighted by molar-refractivity contribution is 0.665. The van der Waals surface area contributed by atoms with Gasteiger partial charge in [0.2, 0.25) is 0 Å². The molecule has 2 aromatic heterocycles. The molecule has 0 aromatic carbocycles. The van der Waals surface area contributed by atoms with E-state index in [0.717, 1.165) is 30.0 Å². The van der Waals surface area contributed by atoms with Crippen LogP contribution in [0.15, 0.2) is 24.5 Å². The largest absolute Gasteiger partial charge is 0.373 e. The molecule has 0 aliphatic heterocycles. The van der Waals surface area contributed by atoms with E-state index in [0.29, 0.717) is 0 Å². The van der Waals surface area contributed by atoms with Crippen molar-refractivity contribution in [3.8, 4) is 11.4 Å². The fourth-order valence-corrected chi connectivity index (χ4v) is 2.42. The van der Waals surface area contributed by atoms with E-state index in [-0.39, 0.29) is 0 Å². The summed E-state index contributed by atoms with van der Waals surface area (Å²) in [4.78, 5) is 13.4. The Morgan fingerprint density at radius 3 is 2.83 bits per heavy atom. The van der Waals surface area contributed by atoms with Gasteiger partial charge < -0.3 is 5.32 Å². The van der Waals surface area contributed by atoms with Gasteiger partial charge in [0.1, 0.15) is 5.82 Å². The molecule has 3 rings (SSSR count). The quantitative estimate of drug-likeness (QED) is 0.876. The molecule has 1 aliphatic carbocycles. The van der Waals surface area contributed by atoms with Crippen molar-refractivity contribution < 1.29 is 0 Å². The summed E-state index contributed by atoms with van der Waals surface area (Å²) < 4.78 is 0. The maximum Gasteiger partial charge on any atom is 0.163 e. The number of fused-ring (bicyclic) bond motifs is 1. The Bertz CT molecular complexity index is 534. The van der Waals surface area contributed by atoms with Crippen molar-refractivity contribution >= 4 is 5.82 Å². The molecular formula is C14H16N4. The van der Waals surface area contributed by atoms with E-state index in [9.17, 15) is 0 Å². The minimum Gasteiger partial charge on any atom is -0.373 e. The van der Waals surface area contributed by atoms with Crippen molar-refractivity contribution in [1.29, 1.82) is 0 Å². The van der Waals surface area contributed by atoms with Crippen LogP contribution in [0.2, 0.25) is 0 Å². The summed E-state index contributed by atoms with van der Waals surface area (Å²) in [6.45, 7) is 0. The summed E-state index contributed by atoms with van der Waals surface area (Å²) >= 11 is 0. The molecule has 0 bridgehead atoms. The molecular weight excluding hydrogens is 224 g/mol. The van der Waals surface area contributed by atoms with E-state index < -0.39 is 0 Å². The first-order valence-corrected chi connectivity index (χ1v) is 6.36. The Hall–Kier alpha value is -1.97. The van der Waals surface area contributed by atoms with E-state index in [1.807, 2.05) is 25.4 Å². The maximum absolute atomic E-state index is 4.70. The minimum atomic E-state index is 0.771. The van der Waals surface area contributed by atoms with Crippen LogP contribution in [-0.4, -0.2) is 22.0 Å². The molecule has 0 saturated carbocycles. The number of aryl methyl sites for hydroxylation is 1. The van der Waals surface area contributed by atoms with Gasteiger partial charge in [0, 0.05) is 36.3 Å². The predicted molar refractivity (Wildman–Crippen MR) is 71.5 cm³/mol. The number of anilines is 1. The van der Waals surface area contributed by atoms with Crippen LogP contribution >= 0.6 is 0 Å². The summed E-state index contributed by atoms with van der Waals surface area (Å²) in [7, 11) is 1.92. The van der Waals surface area contributed by atoms with Crippen molar-refractivity contribution in [2.24, 2.45) is 0 Å². The summed E-state index contributed by atoms with van der Waals surface area (Å²) in [5.74, 6) is 1.74. The third kappa shape index (κ3) is 1.94. The monoisotopic (exact) mass is 240 g/mol. The normalized spacial score (nSPS) is 14.1. The number of nitrogens with one attached hydrogen (secondary N) is 1. The topological polar surface area (TPSA) is 50.7 Å². The summed E-state index contributed by atoms with van der Waals surface area (Å²) in [6.07, 6.45) is 8.17. The van der Waals surface area contributed by atoms with Gasteiger partial charge in [0.05, 0.1) is 0 Å². The highest BCUT2D eigenvalue weighted by molar-refractivity contribution is 5.59. The third-order valence-electron chi connectivity index (χ3n) is 3.34. The zero-order valence-electron chi connectivity index (χ0n) is 10.5. The van der Waals surface area contributed by atoms with Gasteiger partial charge in [-0.15, -0.1) is 0 Å². The third-order valence-corrected chi connectivity index (χ3v) is 3.34. The average Bonchev–Trinajstić information content (AvgIpc) is 2.47. The van der Waals surface area contributed by atoms with Gasteiger partial charge in [0.15, 0.2) is 5.82 Å². The van der Waals surface area contributed by atoms with Crippen molar-refractivity contribution in [3.63, 3.8) is 0 Å². The second kappa shape index (κ2) is 4.72. The predicted octanol–water partition coefficient (Wildman–Crippen LogP) is 2.46. The molecule has 2 aromatic rings. The number of pyridine rings is 1. The molecule has 0 spiro atoms. The molecule has 0 saturated heterocycles. The molecule has 1 aliphatic rings. The molecule has 0 fully saturated rings. The SMILES string of the molecule is CNc1nc(-c2cccnc2)nc2c1CCCC2. The minimum absolute atomic E-state index is 0.771. The van der Waals surface area contributed by atoms with E-state index in [2.05, 4.69) is 15.3 Å². The van der Waals surface area contributed by atoms with Gasteiger partial charge in [-0.05, 0) is 37.8 Å². The smallest absolute Gasteiger partial charge is 0.163 e. The van der Waals surface area contributed by atoms with E-state index in [1.165, 1.54) is 24.1 Å². The highest BCUT2D eigenvalue weighted by atomic mass is 15.0. The van der Waals surface area contributed by atoms with E-state index in [1.54, 1.807) is 6.20 Å². The van der Waals surface area contributed by atoms with Crippen LogP contribution < -0.4 is 5.32 Å². The van der Waals surface area contributed by atoms with Crippen LogP contribution in [0.1, 0.15) is 24.1 Å². The summed E-state index contributed by atoms with van der Waals surface area (Å²) in [5.41, 5.74) is 3.46. The average molecular weight is 240 g/mol. The van der Waals surface area contributed by atoms with Gasteiger partial charge in [-0.2, -0.15) is 0 Å². The zero-order valence-corrected chi connectivity index (χ0v) is 10.5. The highest BCUT2D eigenvalue weighted by Gasteiger charge is 2.17. The number of aromatic nitrogens is 3. The lowest BCUT2D eigenvalue weighted by Crippen LogP contribution is -2.11. The van der Waals surface area contributed by atoms with Gasteiger partial charge >= 0.3 is 0 Å². The Kier molecular flexibility index (Phi) is 2.92.